The van der Waals surface area contributed by atoms with Crippen LogP contribution in [0.15, 0.2) is 48.7 Å². The highest BCUT2D eigenvalue weighted by atomic mass is 19.1. The fourth-order valence-electron chi connectivity index (χ4n) is 5.97. The van der Waals surface area contributed by atoms with Crippen molar-refractivity contribution in [2.24, 2.45) is 0 Å². The monoisotopic (exact) mass is 530 g/mol. The molecule has 3 aromatic rings. The third-order valence-electron chi connectivity index (χ3n) is 7.90. The molecule has 3 aliphatic rings. The molecule has 204 valence electrons. The first-order chi connectivity index (χ1) is 19.1. The lowest BCUT2D eigenvalue weighted by Crippen LogP contribution is -2.54. The first kappa shape index (κ1) is 25.7. The number of nitriles is 1. The van der Waals surface area contributed by atoms with E-state index in [9.17, 15) is 9.65 Å². The number of fused-ring (bicyclic) bond motifs is 1. The number of piperazine rings is 1. The van der Waals surface area contributed by atoms with Gasteiger partial charge in [0.05, 0.1) is 29.3 Å². The summed E-state index contributed by atoms with van der Waals surface area (Å²) in [6.45, 7) is 9.20. The summed E-state index contributed by atoms with van der Waals surface area (Å²) in [4.78, 5) is 16.4. The van der Waals surface area contributed by atoms with Crippen LogP contribution in [0.2, 0.25) is 0 Å². The molecule has 39 heavy (non-hydrogen) atoms. The summed E-state index contributed by atoms with van der Waals surface area (Å²) in [6.07, 6.45) is 1.03. The Morgan fingerprint density at radius 3 is 2.74 bits per heavy atom. The molecule has 2 N–H and O–H groups in total. The van der Waals surface area contributed by atoms with Crippen molar-refractivity contribution in [1.82, 2.24) is 20.2 Å². The van der Waals surface area contributed by atoms with Gasteiger partial charge in [0.15, 0.2) is 0 Å². The minimum Gasteiger partial charge on any atom is -0.370 e. The van der Waals surface area contributed by atoms with Crippen molar-refractivity contribution in [3.8, 4) is 6.07 Å². The number of rotatable bonds is 6. The van der Waals surface area contributed by atoms with Gasteiger partial charge in [0.1, 0.15) is 23.9 Å². The zero-order valence-corrected chi connectivity index (χ0v) is 22.3. The number of benzene rings is 1. The van der Waals surface area contributed by atoms with Crippen LogP contribution in [0.1, 0.15) is 12.5 Å². The second-order valence-corrected chi connectivity index (χ2v) is 10.7. The Balaban J connectivity index is 1.07. The van der Waals surface area contributed by atoms with E-state index in [4.69, 9.17) is 9.72 Å². The zero-order chi connectivity index (χ0) is 26.8. The maximum atomic E-state index is 14.0. The standard InChI is InChI=1S/C29H35FN8O/c1-20-17-38(26-8-7-21(14-31)29-23(26)4-3-9-33-29)19-22(39-20)18-36-10-12-37(13-11-36)28-6-2-5-27(35-28)34-25-16-32-15-24(25)30/h2-9,20,22,24-25,32H,10-13,15-19H2,1H3,(H,34,35)/t20-,22+,24+,25+/m1/s1. The van der Waals surface area contributed by atoms with Gasteiger partial charge in [-0.15, -0.1) is 0 Å². The van der Waals surface area contributed by atoms with E-state index in [1.165, 1.54) is 0 Å². The van der Waals surface area contributed by atoms with Crippen LogP contribution >= 0.6 is 0 Å². The van der Waals surface area contributed by atoms with Gasteiger partial charge in [-0.05, 0) is 43.3 Å². The molecule has 0 radical (unpaired) electrons. The number of ether oxygens (including phenoxy) is 1. The Bertz CT molecular complexity index is 1340. The van der Waals surface area contributed by atoms with E-state index in [2.05, 4.69) is 43.3 Å². The number of morpholine rings is 1. The van der Waals surface area contributed by atoms with Crippen molar-refractivity contribution in [1.29, 1.82) is 5.26 Å². The molecule has 10 heteroatoms. The van der Waals surface area contributed by atoms with E-state index in [1.807, 2.05) is 42.5 Å². The third-order valence-corrected chi connectivity index (χ3v) is 7.90. The number of alkyl halides is 1. The van der Waals surface area contributed by atoms with E-state index < -0.39 is 6.17 Å². The fraction of sp³-hybridized carbons (Fsp3) is 0.483. The quantitative estimate of drug-likeness (QED) is 0.499. The molecule has 3 aliphatic heterocycles. The van der Waals surface area contributed by atoms with E-state index in [0.717, 1.165) is 74.0 Å². The molecule has 3 fully saturated rings. The number of halogens is 1. The topological polar surface area (TPSA) is 92.6 Å². The van der Waals surface area contributed by atoms with Crippen molar-refractivity contribution in [3.63, 3.8) is 0 Å². The molecule has 1 aromatic carbocycles. The van der Waals surface area contributed by atoms with Gasteiger partial charge in [-0.25, -0.2) is 9.37 Å². The Hall–Kier alpha value is -3.52. The molecule has 0 saturated carbocycles. The normalized spacial score (nSPS) is 26.1. The minimum absolute atomic E-state index is 0.0852. The third kappa shape index (κ3) is 5.62. The number of nitrogens with zero attached hydrogens (tertiary/aromatic N) is 6. The van der Waals surface area contributed by atoms with Crippen molar-refractivity contribution in [3.05, 3.63) is 54.2 Å². The van der Waals surface area contributed by atoms with Crippen LogP contribution in [0.3, 0.4) is 0 Å². The maximum Gasteiger partial charge on any atom is 0.134 e. The second kappa shape index (κ2) is 11.3. The predicted octanol–water partition coefficient (Wildman–Crippen LogP) is 2.64. The lowest BCUT2D eigenvalue weighted by atomic mass is 10.1. The Morgan fingerprint density at radius 1 is 1.08 bits per heavy atom. The summed E-state index contributed by atoms with van der Waals surface area (Å²) in [5, 5.41) is 16.8. The van der Waals surface area contributed by atoms with E-state index in [-0.39, 0.29) is 18.2 Å². The van der Waals surface area contributed by atoms with Gasteiger partial charge in [0.2, 0.25) is 0 Å². The van der Waals surface area contributed by atoms with Crippen LogP contribution in [-0.4, -0.2) is 98.2 Å². The van der Waals surface area contributed by atoms with Crippen molar-refractivity contribution in [2.45, 2.75) is 31.3 Å². The predicted molar refractivity (Wildman–Crippen MR) is 151 cm³/mol. The number of hydrogen-bond donors (Lipinski definition) is 2. The Kier molecular flexibility index (Phi) is 7.46. The molecule has 0 bridgehead atoms. The van der Waals surface area contributed by atoms with Crippen molar-refractivity contribution < 1.29 is 9.13 Å². The van der Waals surface area contributed by atoms with E-state index in [0.29, 0.717) is 18.7 Å². The van der Waals surface area contributed by atoms with Crippen LogP contribution in [0.5, 0.6) is 0 Å². The number of nitrogens with one attached hydrogen (secondary N) is 2. The largest absolute Gasteiger partial charge is 0.370 e. The molecule has 2 aromatic heterocycles. The summed E-state index contributed by atoms with van der Waals surface area (Å²) < 4.78 is 20.4. The molecule has 0 aliphatic carbocycles. The number of anilines is 3. The zero-order valence-electron chi connectivity index (χ0n) is 22.3. The first-order valence-corrected chi connectivity index (χ1v) is 13.8. The van der Waals surface area contributed by atoms with Gasteiger partial charge < -0.3 is 25.2 Å². The van der Waals surface area contributed by atoms with Crippen LogP contribution in [-0.2, 0) is 4.74 Å². The van der Waals surface area contributed by atoms with Gasteiger partial charge >= 0.3 is 0 Å². The van der Waals surface area contributed by atoms with Gasteiger partial charge in [-0.1, -0.05) is 6.07 Å². The molecule has 0 spiro atoms. The lowest BCUT2D eigenvalue weighted by Gasteiger charge is -2.42. The van der Waals surface area contributed by atoms with Crippen LogP contribution in [0.4, 0.5) is 21.7 Å². The minimum atomic E-state index is -0.896. The average molecular weight is 531 g/mol. The van der Waals surface area contributed by atoms with E-state index >= 15 is 0 Å². The fourth-order valence-corrected chi connectivity index (χ4v) is 5.97. The molecule has 0 unspecified atom stereocenters. The van der Waals surface area contributed by atoms with Crippen LogP contribution in [0, 0.1) is 11.3 Å². The maximum absolute atomic E-state index is 14.0. The molecule has 0 amide bonds. The van der Waals surface area contributed by atoms with Gasteiger partial charge in [-0.2, -0.15) is 5.26 Å². The average Bonchev–Trinajstić information content (AvgIpc) is 3.36. The van der Waals surface area contributed by atoms with Gasteiger partial charge in [0, 0.05) is 76.2 Å². The van der Waals surface area contributed by atoms with Crippen LogP contribution in [0.25, 0.3) is 10.9 Å². The Morgan fingerprint density at radius 2 is 1.95 bits per heavy atom. The highest BCUT2D eigenvalue weighted by Gasteiger charge is 2.30. The summed E-state index contributed by atoms with van der Waals surface area (Å²) >= 11 is 0. The molecule has 4 atom stereocenters. The molecule has 6 rings (SSSR count). The van der Waals surface area contributed by atoms with E-state index in [1.54, 1.807) is 6.20 Å². The molecule has 5 heterocycles. The summed E-state index contributed by atoms with van der Waals surface area (Å²) in [6, 6.07) is 15.8. The highest BCUT2D eigenvalue weighted by molar-refractivity contribution is 5.95. The first-order valence-electron chi connectivity index (χ1n) is 13.8. The second-order valence-electron chi connectivity index (χ2n) is 10.7. The molecular weight excluding hydrogens is 495 g/mol. The SMILES string of the molecule is C[C@@H]1CN(c2ccc(C#N)c3ncccc23)C[C@H](CN2CCN(c3cccc(N[C@H]4CNC[C@@H]4F)n3)CC2)O1. The molecular formula is C29H35FN8O. The Labute approximate surface area is 228 Å². The number of pyridine rings is 2. The lowest BCUT2D eigenvalue weighted by molar-refractivity contribution is -0.0327. The summed E-state index contributed by atoms with van der Waals surface area (Å²) in [5.74, 6) is 1.65. The van der Waals surface area contributed by atoms with Crippen molar-refractivity contribution in [2.75, 3.05) is 74.0 Å². The molecule has 9 nitrogen and oxygen atoms in total. The number of aromatic nitrogens is 2. The van der Waals surface area contributed by atoms with Crippen LogP contribution < -0.4 is 20.4 Å². The van der Waals surface area contributed by atoms with Crippen molar-refractivity contribution >= 4 is 28.2 Å². The molecule has 3 saturated heterocycles. The number of hydrogen-bond acceptors (Lipinski definition) is 9. The summed E-state index contributed by atoms with van der Waals surface area (Å²) in [5.41, 5.74) is 2.46. The van der Waals surface area contributed by atoms with Gasteiger partial charge in [0.25, 0.3) is 0 Å². The smallest absolute Gasteiger partial charge is 0.134 e. The summed E-state index contributed by atoms with van der Waals surface area (Å²) in [7, 11) is 0. The highest BCUT2D eigenvalue weighted by Crippen LogP contribution is 2.30. The van der Waals surface area contributed by atoms with Gasteiger partial charge in [-0.3, -0.25) is 9.88 Å².